The van der Waals surface area contributed by atoms with Gasteiger partial charge in [0.1, 0.15) is 0 Å². The number of aromatic nitrogens is 1. The van der Waals surface area contributed by atoms with Crippen LogP contribution >= 0.6 is 11.3 Å². The molecule has 1 aromatic heterocycles. The van der Waals surface area contributed by atoms with E-state index in [1.54, 1.807) is 11.3 Å². The number of anilines is 1. The van der Waals surface area contributed by atoms with Crippen molar-refractivity contribution < 1.29 is 9.59 Å². The van der Waals surface area contributed by atoms with E-state index in [9.17, 15) is 9.59 Å². The van der Waals surface area contributed by atoms with Crippen molar-refractivity contribution in [2.24, 2.45) is 5.92 Å². The van der Waals surface area contributed by atoms with E-state index in [1.807, 2.05) is 24.0 Å². The minimum atomic E-state index is 0.0221. The number of hydrogen-bond acceptors (Lipinski definition) is 5. The second-order valence-electron chi connectivity index (χ2n) is 8.17. The Morgan fingerprint density at radius 3 is 2.70 bits per heavy atom. The monoisotopic (exact) mass is 426 g/mol. The zero-order valence-corrected chi connectivity index (χ0v) is 18.6. The van der Waals surface area contributed by atoms with Crippen LogP contribution in [-0.2, 0) is 29.0 Å². The van der Waals surface area contributed by atoms with Crippen molar-refractivity contribution in [1.29, 1.82) is 0 Å². The average Bonchev–Trinajstić information content (AvgIpc) is 3.21. The number of hydrogen-bond donors (Lipinski definition) is 1. The lowest BCUT2D eigenvalue weighted by molar-refractivity contribution is -0.131. The summed E-state index contributed by atoms with van der Waals surface area (Å²) in [4.78, 5) is 35.0. The lowest BCUT2D eigenvalue weighted by Gasteiger charge is -2.34. The van der Waals surface area contributed by atoms with Crippen LogP contribution < -0.4 is 10.2 Å². The van der Waals surface area contributed by atoms with Gasteiger partial charge in [0.05, 0.1) is 5.69 Å². The fraction of sp³-hybridized carbons (Fsp3) is 0.522. The highest BCUT2D eigenvalue weighted by molar-refractivity contribution is 7.15. The number of thiazole rings is 1. The first-order valence-electron chi connectivity index (χ1n) is 10.9. The molecule has 2 amide bonds. The standard InChI is InChI=1S/C23H30N4O2S/c1-3-21(28)26-10-12-27(13-11-26)23-25-19-9-8-17(14-20(19)30-23)22(29)24-15-18-7-5-4-6-16(18)2/h4-7,17H,3,8-15H2,1-2H3,(H,24,29). The molecule has 6 nitrogen and oxygen atoms in total. The Hall–Kier alpha value is -2.41. The third kappa shape index (κ3) is 4.51. The molecule has 1 atom stereocenters. The average molecular weight is 427 g/mol. The number of carbonyl (C=O) groups is 2. The lowest BCUT2D eigenvalue weighted by Crippen LogP contribution is -2.48. The van der Waals surface area contributed by atoms with Gasteiger partial charge >= 0.3 is 0 Å². The first-order valence-corrected chi connectivity index (χ1v) is 11.7. The molecule has 1 unspecified atom stereocenters. The third-order valence-corrected chi connectivity index (χ3v) is 7.40. The second-order valence-corrected chi connectivity index (χ2v) is 9.23. The van der Waals surface area contributed by atoms with Crippen LogP contribution in [0.25, 0.3) is 0 Å². The smallest absolute Gasteiger partial charge is 0.223 e. The van der Waals surface area contributed by atoms with Crippen molar-refractivity contribution in [3.8, 4) is 0 Å². The minimum absolute atomic E-state index is 0.0221. The van der Waals surface area contributed by atoms with Gasteiger partial charge in [0.2, 0.25) is 11.8 Å². The van der Waals surface area contributed by atoms with Crippen LogP contribution in [0, 0.1) is 12.8 Å². The molecular weight excluding hydrogens is 396 g/mol. The molecule has 0 saturated carbocycles. The predicted octanol–water partition coefficient (Wildman–Crippen LogP) is 2.93. The number of aryl methyl sites for hydroxylation is 2. The highest BCUT2D eigenvalue weighted by Gasteiger charge is 2.29. The molecule has 1 aliphatic carbocycles. The van der Waals surface area contributed by atoms with E-state index in [4.69, 9.17) is 4.98 Å². The molecule has 30 heavy (non-hydrogen) atoms. The van der Waals surface area contributed by atoms with Gasteiger partial charge in [0.25, 0.3) is 0 Å². The molecule has 0 radical (unpaired) electrons. The molecule has 2 aromatic rings. The van der Waals surface area contributed by atoms with Crippen LogP contribution in [0.3, 0.4) is 0 Å². The molecule has 0 bridgehead atoms. The number of rotatable bonds is 5. The summed E-state index contributed by atoms with van der Waals surface area (Å²) in [6.07, 6.45) is 3.07. The molecule has 160 valence electrons. The maximum absolute atomic E-state index is 12.8. The van der Waals surface area contributed by atoms with Gasteiger partial charge in [-0.1, -0.05) is 31.2 Å². The Bertz CT molecular complexity index is 918. The van der Waals surface area contributed by atoms with Gasteiger partial charge in [-0.25, -0.2) is 4.98 Å². The van der Waals surface area contributed by atoms with Crippen LogP contribution in [0.15, 0.2) is 24.3 Å². The summed E-state index contributed by atoms with van der Waals surface area (Å²) >= 11 is 1.73. The molecule has 7 heteroatoms. The number of amides is 2. The summed E-state index contributed by atoms with van der Waals surface area (Å²) in [7, 11) is 0. The van der Waals surface area contributed by atoms with Crippen molar-refractivity contribution >= 4 is 28.3 Å². The summed E-state index contributed by atoms with van der Waals surface area (Å²) in [5, 5.41) is 4.17. The Balaban J connectivity index is 1.33. The van der Waals surface area contributed by atoms with Crippen molar-refractivity contribution in [3.05, 3.63) is 46.0 Å². The van der Waals surface area contributed by atoms with E-state index >= 15 is 0 Å². The molecule has 1 aromatic carbocycles. The van der Waals surface area contributed by atoms with Crippen LogP contribution in [0.5, 0.6) is 0 Å². The van der Waals surface area contributed by atoms with Gasteiger partial charge in [-0.05, 0) is 37.3 Å². The van der Waals surface area contributed by atoms with E-state index in [0.29, 0.717) is 13.0 Å². The molecule has 1 N–H and O–H groups in total. The van der Waals surface area contributed by atoms with Crippen molar-refractivity contribution in [3.63, 3.8) is 0 Å². The number of nitrogens with zero attached hydrogens (tertiary/aromatic N) is 3. The number of carbonyl (C=O) groups excluding carboxylic acids is 2. The SMILES string of the molecule is CCC(=O)N1CCN(c2nc3c(s2)CC(C(=O)NCc2ccccc2C)CC3)CC1. The number of nitrogens with one attached hydrogen (secondary N) is 1. The fourth-order valence-corrected chi connectivity index (χ4v) is 5.46. The molecule has 1 aliphatic heterocycles. The normalized spacial score (nSPS) is 18.8. The first-order chi connectivity index (χ1) is 14.5. The maximum atomic E-state index is 12.8. The van der Waals surface area contributed by atoms with E-state index < -0.39 is 0 Å². The highest BCUT2D eigenvalue weighted by Crippen LogP contribution is 2.34. The van der Waals surface area contributed by atoms with Gasteiger partial charge in [-0.2, -0.15) is 0 Å². The van der Waals surface area contributed by atoms with Crippen LogP contribution in [-0.4, -0.2) is 47.9 Å². The summed E-state index contributed by atoms with van der Waals surface area (Å²) in [6.45, 7) is 7.77. The second kappa shape index (κ2) is 9.16. The Labute approximate surface area is 182 Å². The van der Waals surface area contributed by atoms with E-state index in [1.165, 1.54) is 16.0 Å². The fourth-order valence-electron chi connectivity index (χ4n) is 4.23. The molecular formula is C23H30N4O2S. The topological polar surface area (TPSA) is 65.5 Å². The maximum Gasteiger partial charge on any atom is 0.223 e. The summed E-state index contributed by atoms with van der Waals surface area (Å²) in [6, 6.07) is 8.17. The van der Waals surface area contributed by atoms with E-state index in [-0.39, 0.29) is 17.7 Å². The summed E-state index contributed by atoms with van der Waals surface area (Å²) in [5.74, 6) is 0.395. The molecule has 2 aliphatic rings. The van der Waals surface area contributed by atoms with Gasteiger partial charge < -0.3 is 15.1 Å². The minimum Gasteiger partial charge on any atom is -0.352 e. The van der Waals surface area contributed by atoms with Crippen LogP contribution in [0.2, 0.25) is 0 Å². The summed E-state index contributed by atoms with van der Waals surface area (Å²) < 4.78 is 0. The van der Waals surface area contributed by atoms with Gasteiger partial charge in [0, 0.05) is 49.9 Å². The van der Waals surface area contributed by atoms with E-state index in [0.717, 1.165) is 56.3 Å². The zero-order valence-electron chi connectivity index (χ0n) is 17.8. The Morgan fingerprint density at radius 2 is 1.97 bits per heavy atom. The quantitative estimate of drug-likeness (QED) is 0.798. The molecule has 2 heterocycles. The lowest BCUT2D eigenvalue weighted by atomic mass is 9.90. The number of piperazine rings is 1. The zero-order chi connectivity index (χ0) is 21.1. The summed E-state index contributed by atoms with van der Waals surface area (Å²) in [5.41, 5.74) is 3.53. The van der Waals surface area contributed by atoms with Gasteiger partial charge in [-0.3, -0.25) is 9.59 Å². The molecule has 0 spiro atoms. The Kier molecular flexibility index (Phi) is 6.37. The van der Waals surface area contributed by atoms with Gasteiger partial charge in [0.15, 0.2) is 5.13 Å². The third-order valence-electron chi connectivity index (χ3n) is 6.22. The largest absolute Gasteiger partial charge is 0.352 e. The van der Waals surface area contributed by atoms with Crippen LogP contribution in [0.1, 0.15) is 41.5 Å². The highest BCUT2D eigenvalue weighted by atomic mass is 32.1. The molecule has 4 rings (SSSR count). The van der Waals surface area contributed by atoms with Crippen molar-refractivity contribution in [2.45, 2.75) is 46.1 Å². The molecule has 1 saturated heterocycles. The number of fused-ring (bicyclic) bond motifs is 1. The Morgan fingerprint density at radius 1 is 1.20 bits per heavy atom. The van der Waals surface area contributed by atoms with Crippen molar-refractivity contribution in [2.75, 3.05) is 31.1 Å². The van der Waals surface area contributed by atoms with Crippen molar-refractivity contribution in [1.82, 2.24) is 15.2 Å². The molecule has 1 fully saturated rings. The van der Waals surface area contributed by atoms with Crippen LogP contribution in [0.4, 0.5) is 5.13 Å². The predicted molar refractivity (Wildman–Crippen MR) is 120 cm³/mol. The first kappa shape index (κ1) is 20.8. The number of benzene rings is 1. The van der Waals surface area contributed by atoms with Gasteiger partial charge in [-0.15, -0.1) is 11.3 Å². The van der Waals surface area contributed by atoms with E-state index in [2.05, 4.69) is 29.3 Å².